The number of halogens is 2. The summed E-state index contributed by atoms with van der Waals surface area (Å²) in [6, 6.07) is 2.67. The van der Waals surface area contributed by atoms with E-state index in [4.69, 9.17) is 11.6 Å². The van der Waals surface area contributed by atoms with E-state index in [2.05, 4.69) is 5.32 Å². The summed E-state index contributed by atoms with van der Waals surface area (Å²) in [5.41, 5.74) is 0.689. The zero-order valence-electron chi connectivity index (χ0n) is 7.56. The SMILES string of the molecule is Oc1cc(F)c(Cl)cc1C1CCCN1. The molecule has 76 valence electrons. The van der Waals surface area contributed by atoms with Crippen LogP contribution in [-0.4, -0.2) is 11.7 Å². The maximum absolute atomic E-state index is 12.9. The predicted molar refractivity (Wildman–Crippen MR) is 53.1 cm³/mol. The van der Waals surface area contributed by atoms with E-state index >= 15 is 0 Å². The van der Waals surface area contributed by atoms with Crippen molar-refractivity contribution < 1.29 is 9.50 Å². The minimum absolute atomic E-state index is 0.0219. The van der Waals surface area contributed by atoms with Gasteiger partial charge in [0.1, 0.15) is 11.6 Å². The van der Waals surface area contributed by atoms with E-state index in [1.807, 2.05) is 0 Å². The van der Waals surface area contributed by atoms with Gasteiger partial charge in [0.2, 0.25) is 0 Å². The Hall–Kier alpha value is -0.800. The van der Waals surface area contributed by atoms with Crippen LogP contribution < -0.4 is 5.32 Å². The topological polar surface area (TPSA) is 32.3 Å². The van der Waals surface area contributed by atoms with Crippen LogP contribution >= 0.6 is 11.6 Å². The van der Waals surface area contributed by atoms with Crippen LogP contribution in [0.5, 0.6) is 5.75 Å². The summed E-state index contributed by atoms with van der Waals surface area (Å²) >= 11 is 5.65. The molecule has 0 amide bonds. The Kier molecular flexibility index (Phi) is 2.61. The van der Waals surface area contributed by atoms with Gasteiger partial charge in [-0.3, -0.25) is 0 Å². The van der Waals surface area contributed by atoms with E-state index in [-0.39, 0.29) is 16.8 Å². The van der Waals surface area contributed by atoms with Crippen molar-refractivity contribution in [1.82, 2.24) is 5.32 Å². The van der Waals surface area contributed by atoms with Crippen molar-refractivity contribution in [2.45, 2.75) is 18.9 Å². The van der Waals surface area contributed by atoms with Gasteiger partial charge in [0, 0.05) is 17.7 Å². The lowest BCUT2D eigenvalue weighted by atomic mass is 10.0. The van der Waals surface area contributed by atoms with Crippen molar-refractivity contribution in [2.24, 2.45) is 0 Å². The first-order valence-electron chi connectivity index (χ1n) is 4.60. The Bertz CT molecular complexity index is 350. The number of hydrogen-bond donors (Lipinski definition) is 2. The third-order valence-electron chi connectivity index (χ3n) is 2.51. The van der Waals surface area contributed by atoms with Gasteiger partial charge < -0.3 is 10.4 Å². The molecule has 0 saturated carbocycles. The summed E-state index contributed by atoms with van der Waals surface area (Å²) in [7, 11) is 0. The molecule has 2 nitrogen and oxygen atoms in total. The maximum Gasteiger partial charge on any atom is 0.145 e. The molecular weight excluding hydrogens is 205 g/mol. The van der Waals surface area contributed by atoms with Gasteiger partial charge in [0.15, 0.2) is 0 Å². The van der Waals surface area contributed by atoms with E-state index in [1.165, 1.54) is 6.07 Å². The highest BCUT2D eigenvalue weighted by Gasteiger charge is 2.20. The monoisotopic (exact) mass is 215 g/mol. The van der Waals surface area contributed by atoms with Crippen LogP contribution in [0.3, 0.4) is 0 Å². The number of phenolic OH excluding ortho intramolecular Hbond substituents is 1. The van der Waals surface area contributed by atoms with Gasteiger partial charge in [-0.1, -0.05) is 11.6 Å². The molecule has 0 aromatic heterocycles. The van der Waals surface area contributed by atoms with Crippen LogP contribution in [0, 0.1) is 5.82 Å². The Morgan fingerprint density at radius 1 is 1.50 bits per heavy atom. The van der Waals surface area contributed by atoms with Gasteiger partial charge in [-0.15, -0.1) is 0 Å². The molecule has 0 bridgehead atoms. The summed E-state index contributed by atoms with van der Waals surface area (Å²) in [5.74, 6) is -0.600. The quantitative estimate of drug-likeness (QED) is 0.755. The summed E-state index contributed by atoms with van der Waals surface area (Å²) in [6.45, 7) is 0.930. The van der Waals surface area contributed by atoms with Gasteiger partial charge in [-0.25, -0.2) is 4.39 Å². The number of benzene rings is 1. The molecule has 1 aliphatic heterocycles. The molecular formula is C10H11ClFNO. The molecule has 0 radical (unpaired) electrons. The van der Waals surface area contributed by atoms with E-state index in [0.29, 0.717) is 5.56 Å². The van der Waals surface area contributed by atoms with Gasteiger partial charge in [-0.05, 0) is 25.5 Å². The highest BCUT2D eigenvalue weighted by atomic mass is 35.5. The molecule has 1 unspecified atom stereocenters. The number of phenols is 1. The van der Waals surface area contributed by atoms with E-state index in [9.17, 15) is 9.50 Å². The van der Waals surface area contributed by atoms with Gasteiger partial charge >= 0.3 is 0 Å². The highest BCUT2D eigenvalue weighted by molar-refractivity contribution is 6.30. The second kappa shape index (κ2) is 3.75. The molecule has 1 saturated heterocycles. The molecule has 1 aromatic carbocycles. The molecule has 1 heterocycles. The van der Waals surface area contributed by atoms with Crippen LogP contribution in [0.25, 0.3) is 0 Å². The van der Waals surface area contributed by atoms with E-state index in [1.54, 1.807) is 0 Å². The van der Waals surface area contributed by atoms with Gasteiger partial charge in [-0.2, -0.15) is 0 Å². The normalized spacial score (nSPS) is 21.4. The molecule has 1 aliphatic rings. The molecule has 4 heteroatoms. The number of rotatable bonds is 1. The lowest BCUT2D eigenvalue weighted by Crippen LogP contribution is -2.13. The molecule has 14 heavy (non-hydrogen) atoms. The lowest BCUT2D eigenvalue weighted by molar-refractivity contribution is 0.451. The molecule has 0 aliphatic carbocycles. The van der Waals surface area contributed by atoms with Crippen molar-refractivity contribution in [3.8, 4) is 5.75 Å². The Balaban J connectivity index is 2.37. The largest absolute Gasteiger partial charge is 0.508 e. The van der Waals surface area contributed by atoms with E-state index in [0.717, 1.165) is 25.5 Å². The highest BCUT2D eigenvalue weighted by Crippen LogP contribution is 2.33. The van der Waals surface area contributed by atoms with Crippen LogP contribution in [0.4, 0.5) is 4.39 Å². The fourth-order valence-corrected chi connectivity index (χ4v) is 1.95. The molecule has 2 rings (SSSR count). The van der Waals surface area contributed by atoms with Crippen molar-refractivity contribution in [3.63, 3.8) is 0 Å². The second-order valence-electron chi connectivity index (χ2n) is 3.47. The molecule has 0 spiro atoms. The minimum atomic E-state index is -0.578. The van der Waals surface area contributed by atoms with Crippen LogP contribution in [0.2, 0.25) is 5.02 Å². The minimum Gasteiger partial charge on any atom is -0.508 e. The van der Waals surface area contributed by atoms with Crippen LogP contribution in [0.1, 0.15) is 24.4 Å². The summed E-state index contributed by atoms with van der Waals surface area (Å²) in [5, 5.41) is 12.8. The number of aromatic hydroxyl groups is 1. The smallest absolute Gasteiger partial charge is 0.145 e. The van der Waals surface area contributed by atoms with Gasteiger partial charge in [0.25, 0.3) is 0 Å². The molecule has 1 fully saturated rings. The third-order valence-corrected chi connectivity index (χ3v) is 2.79. The number of hydrogen-bond acceptors (Lipinski definition) is 2. The fraction of sp³-hybridized carbons (Fsp3) is 0.400. The first-order valence-corrected chi connectivity index (χ1v) is 4.97. The fourth-order valence-electron chi connectivity index (χ4n) is 1.78. The van der Waals surface area contributed by atoms with Gasteiger partial charge in [0.05, 0.1) is 5.02 Å². The third kappa shape index (κ3) is 1.70. The first-order chi connectivity index (χ1) is 6.68. The Morgan fingerprint density at radius 3 is 2.93 bits per heavy atom. The molecule has 1 atom stereocenters. The summed E-state index contributed by atoms with van der Waals surface area (Å²) in [6.07, 6.45) is 2.02. The van der Waals surface area contributed by atoms with Crippen molar-refractivity contribution in [1.29, 1.82) is 0 Å². The second-order valence-corrected chi connectivity index (χ2v) is 3.88. The predicted octanol–water partition coefficient (Wildman–Crippen LogP) is 2.61. The standard InChI is InChI=1S/C10H11ClFNO/c11-7-4-6(9-2-1-3-13-9)10(14)5-8(7)12/h4-5,9,13-14H,1-3H2. The van der Waals surface area contributed by atoms with Crippen LogP contribution in [0.15, 0.2) is 12.1 Å². The molecule has 1 aromatic rings. The Labute approximate surface area is 86.7 Å². The zero-order chi connectivity index (χ0) is 10.1. The molecule has 2 N–H and O–H groups in total. The van der Waals surface area contributed by atoms with Crippen LogP contribution in [-0.2, 0) is 0 Å². The summed E-state index contributed by atoms with van der Waals surface area (Å²) in [4.78, 5) is 0. The van der Waals surface area contributed by atoms with Crippen molar-refractivity contribution in [2.75, 3.05) is 6.54 Å². The lowest BCUT2D eigenvalue weighted by Gasteiger charge is -2.12. The van der Waals surface area contributed by atoms with Crippen molar-refractivity contribution >= 4 is 11.6 Å². The zero-order valence-corrected chi connectivity index (χ0v) is 8.31. The van der Waals surface area contributed by atoms with E-state index < -0.39 is 5.82 Å². The average molecular weight is 216 g/mol. The Morgan fingerprint density at radius 2 is 2.29 bits per heavy atom. The average Bonchev–Trinajstić information content (AvgIpc) is 2.64. The van der Waals surface area contributed by atoms with Crippen molar-refractivity contribution in [3.05, 3.63) is 28.5 Å². The maximum atomic E-state index is 12.9. The summed E-state index contributed by atoms with van der Waals surface area (Å²) < 4.78 is 12.9. The first kappa shape index (κ1) is 9.74. The number of nitrogens with one attached hydrogen (secondary N) is 1.